The first kappa shape index (κ1) is 30.9. The second-order valence-corrected chi connectivity index (χ2v) is 14.3. The zero-order valence-electron chi connectivity index (χ0n) is 27.8. The van der Waals surface area contributed by atoms with Crippen molar-refractivity contribution in [2.24, 2.45) is 0 Å². The van der Waals surface area contributed by atoms with E-state index in [2.05, 4.69) is 145 Å². The lowest BCUT2D eigenvalue weighted by molar-refractivity contribution is 0.670. The fourth-order valence-corrected chi connectivity index (χ4v) is 8.53. The summed E-state index contributed by atoms with van der Waals surface area (Å²) in [6.45, 7) is 6.63. The topological polar surface area (TPSA) is 42.2 Å². The normalized spacial score (nSPS) is 12.1. The van der Waals surface area contributed by atoms with Gasteiger partial charge in [0.15, 0.2) is 0 Å². The van der Waals surface area contributed by atoms with Crippen molar-refractivity contribution >= 4 is 82.0 Å². The van der Waals surface area contributed by atoms with Crippen molar-refractivity contribution in [1.82, 2.24) is 9.97 Å². The number of thiazole rings is 2. The van der Waals surface area contributed by atoms with E-state index < -0.39 is 0 Å². The molecule has 0 saturated heterocycles. The van der Waals surface area contributed by atoms with Crippen LogP contribution in [0.3, 0.4) is 0 Å². The smallest absolute Gasteiger partial charge is 0.143 e. The molecule has 6 heteroatoms. The van der Waals surface area contributed by atoms with Crippen LogP contribution in [0.2, 0.25) is 0 Å². The molecular formula is C45H31N3OS2. The highest BCUT2D eigenvalue weighted by Crippen LogP contribution is 2.39. The van der Waals surface area contributed by atoms with Crippen LogP contribution in [0.15, 0.2) is 174 Å². The Morgan fingerprint density at radius 2 is 1.25 bits per heavy atom. The van der Waals surface area contributed by atoms with E-state index in [-0.39, 0.29) is 0 Å². The van der Waals surface area contributed by atoms with Crippen LogP contribution in [-0.2, 0) is 0 Å². The van der Waals surface area contributed by atoms with Gasteiger partial charge in [0.1, 0.15) is 21.2 Å². The van der Waals surface area contributed by atoms with Gasteiger partial charge in [-0.3, -0.25) is 0 Å². The van der Waals surface area contributed by atoms with Crippen LogP contribution in [-0.4, -0.2) is 9.97 Å². The monoisotopic (exact) mass is 693 g/mol. The summed E-state index contributed by atoms with van der Waals surface area (Å²) in [5.74, 6) is 0. The summed E-state index contributed by atoms with van der Waals surface area (Å²) in [7, 11) is 0. The largest absolute Gasteiger partial charge is 0.455 e. The third-order valence-electron chi connectivity index (χ3n) is 9.10. The molecular weight excluding hydrogens is 663 g/mol. The molecule has 0 atom stereocenters. The molecule has 3 aromatic heterocycles. The summed E-state index contributed by atoms with van der Waals surface area (Å²) in [5, 5.41) is 4.23. The highest BCUT2D eigenvalue weighted by atomic mass is 32.1. The molecule has 0 aliphatic heterocycles. The maximum atomic E-state index is 6.36. The average Bonchev–Trinajstić information content (AvgIpc) is 3.91. The molecule has 0 N–H and O–H groups in total. The van der Waals surface area contributed by atoms with E-state index in [1.807, 2.05) is 31.2 Å². The third kappa shape index (κ3) is 5.74. The summed E-state index contributed by atoms with van der Waals surface area (Å²) >= 11 is 3.41. The van der Waals surface area contributed by atoms with Gasteiger partial charge in [0.05, 0.1) is 20.4 Å². The first-order chi connectivity index (χ1) is 25.1. The Morgan fingerprint density at radius 1 is 0.627 bits per heavy atom. The average molecular weight is 694 g/mol. The summed E-state index contributed by atoms with van der Waals surface area (Å²) in [6, 6.07) is 48.3. The van der Waals surface area contributed by atoms with Crippen molar-refractivity contribution < 1.29 is 4.42 Å². The molecule has 6 aromatic carbocycles. The van der Waals surface area contributed by atoms with E-state index >= 15 is 0 Å². The first-order valence-electron chi connectivity index (χ1n) is 16.8. The Bertz CT molecular complexity index is 2720. The van der Waals surface area contributed by atoms with E-state index in [9.17, 15) is 0 Å². The number of furan rings is 1. The molecule has 0 radical (unpaired) electrons. The molecule has 0 saturated carbocycles. The zero-order chi connectivity index (χ0) is 34.3. The molecule has 9 rings (SSSR count). The number of anilines is 2. The van der Waals surface area contributed by atoms with Crippen LogP contribution in [0.25, 0.3) is 69.6 Å². The Hall–Kier alpha value is -6.08. The number of para-hydroxylation sites is 4. The van der Waals surface area contributed by atoms with Gasteiger partial charge >= 0.3 is 0 Å². The van der Waals surface area contributed by atoms with Crippen LogP contribution in [0.4, 0.5) is 11.4 Å². The highest BCUT2D eigenvalue weighted by Gasteiger charge is 2.16. The number of benzene rings is 6. The molecule has 0 fully saturated rings. The molecule has 9 aromatic rings. The second kappa shape index (κ2) is 13.0. The molecule has 51 heavy (non-hydrogen) atoms. The van der Waals surface area contributed by atoms with Crippen molar-refractivity contribution in [3.63, 3.8) is 0 Å². The molecule has 244 valence electrons. The zero-order valence-corrected chi connectivity index (χ0v) is 29.4. The maximum Gasteiger partial charge on any atom is 0.143 e. The minimum atomic E-state index is 0.829. The Balaban J connectivity index is 1.08. The summed E-state index contributed by atoms with van der Waals surface area (Å²) in [4.78, 5) is 12.0. The molecule has 0 bridgehead atoms. The van der Waals surface area contributed by atoms with Crippen molar-refractivity contribution in [2.75, 3.05) is 4.90 Å². The fourth-order valence-electron chi connectivity index (χ4n) is 6.54. The predicted octanol–water partition coefficient (Wildman–Crippen LogP) is 13.5. The van der Waals surface area contributed by atoms with E-state index in [1.54, 1.807) is 22.7 Å². The molecule has 0 spiro atoms. The molecule has 3 heterocycles. The Kier molecular flexibility index (Phi) is 7.88. The number of fused-ring (bicyclic) bond motifs is 5. The van der Waals surface area contributed by atoms with Gasteiger partial charge in [0.2, 0.25) is 0 Å². The van der Waals surface area contributed by atoms with Gasteiger partial charge in [-0.05, 0) is 85.3 Å². The molecule has 0 aliphatic carbocycles. The highest BCUT2D eigenvalue weighted by molar-refractivity contribution is 7.21. The Morgan fingerprint density at radius 3 is 1.96 bits per heavy atom. The van der Waals surface area contributed by atoms with Gasteiger partial charge < -0.3 is 9.32 Å². The van der Waals surface area contributed by atoms with E-state index in [1.165, 1.54) is 9.40 Å². The lowest BCUT2D eigenvalue weighted by Crippen LogP contribution is -2.14. The number of aromatic nitrogens is 2. The van der Waals surface area contributed by atoms with Crippen molar-refractivity contribution in [3.05, 3.63) is 175 Å². The van der Waals surface area contributed by atoms with Crippen molar-refractivity contribution in [2.45, 2.75) is 6.92 Å². The predicted molar refractivity (Wildman–Crippen MR) is 218 cm³/mol. The summed E-state index contributed by atoms with van der Waals surface area (Å²) in [5.41, 5.74) is 10.9. The minimum Gasteiger partial charge on any atom is -0.455 e. The van der Waals surface area contributed by atoms with Gasteiger partial charge in [0.25, 0.3) is 0 Å². The van der Waals surface area contributed by atoms with E-state index in [0.717, 1.165) is 82.3 Å². The summed E-state index contributed by atoms with van der Waals surface area (Å²) < 4.78 is 8.72. The van der Waals surface area contributed by atoms with Gasteiger partial charge in [-0.15, -0.1) is 22.7 Å². The van der Waals surface area contributed by atoms with Crippen LogP contribution in [0, 0.1) is 0 Å². The molecule has 0 unspecified atom stereocenters. The standard InChI is InChI=1S/C45H31N3OS2/c1-3-30(44-46-38-14-5-8-17-41(38)50-44)20-19-29(2)48(34-27-23-32(24-28-34)45-47-39-15-6-9-18-42(39)51-45)33-25-21-31(22-26-33)35-12-10-13-37-36-11-4-7-16-40(36)49-43(35)37/h3-28H,2H2,1H3/b20-19-,30-3+. The van der Waals surface area contributed by atoms with Crippen LogP contribution < -0.4 is 4.90 Å². The first-order valence-corrected chi connectivity index (χ1v) is 18.4. The van der Waals surface area contributed by atoms with Crippen molar-refractivity contribution in [3.8, 4) is 21.7 Å². The SMILES string of the molecule is C=C(/C=C\C(=C/C)c1nc2ccccc2s1)N(c1ccc(-c2nc3ccccc3s2)cc1)c1ccc(-c2cccc3c2oc2ccccc23)cc1. The molecule has 4 nitrogen and oxygen atoms in total. The number of hydrogen-bond acceptors (Lipinski definition) is 6. The van der Waals surface area contributed by atoms with Gasteiger partial charge in [-0.1, -0.05) is 91.5 Å². The fraction of sp³-hybridized carbons (Fsp3) is 0.0222. The number of rotatable bonds is 8. The van der Waals surface area contributed by atoms with E-state index in [4.69, 9.17) is 14.4 Å². The van der Waals surface area contributed by atoms with Crippen LogP contribution in [0.1, 0.15) is 11.9 Å². The Labute approximate surface area is 303 Å². The lowest BCUT2D eigenvalue weighted by atomic mass is 10.0. The second-order valence-electron chi connectivity index (χ2n) is 12.3. The van der Waals surface area contributed by atoms with Crippen LogP contribution in [0.5, 0.6) is 0 Å². The van der Waals surface area contributed by atoms with Gasteiger partial charge in [-0.25, -0.2) is 9.97 Å². The quantitative estimate of drug-likeness (QED) is 0.149. The number of allylic oxidation sites excluding steroid dienone is 4. The molecule has 0 aliphatic rings. The number of nitrogens with zero attached hydrogens (tertiary/aromatic N) is 3. The van der Waals surface area contributed by atoms with Crippen LogP contribution >= 0.6 is 22.7 Å². The third-order valence-corrected chi connectivity index (χ3v) is 11.3. The molecule has 0 amide bonds. The number of hydrogen-bond donors (Lipinski definition) is 0. The van der Waals surface area contributed by atoms with Crippen molar-refractivity contribution in [1.29, 1.82) is 0 Å². The summed E-state index contributed by atoms with van der Waals surface area (Å²) in [6.07, 6.45) is 6.29. The minimum absolute atomic E-state index is 0.829. The van der Waals surface area contributed by atoms with Gasteiger partial charge in [0, 0.05) is 44.5 Å². The van der Waals surface area contributed by atoms with Gasteiger partial charge in [-0.2, -0.15) is 0 Å². The maximum absolute atomic E-state index is 6.36. The lowest BCUT2D eigenvalue weighted by Gasteiger charge is -2.26. The van der Waals surface area contributed by atoms with E-state index in [0.29, 0.717) is 0 Å².